The summed E-state index contributed by atoms with van der Waals surface area (Å²) < 4.78 is 0. The molecule has 0 saturated carbocycles. The summed E-state index contributed by atoms with van der Waals surface area (Å²) in [5, 5.41) is 7.39. The lowest BCUT2D eigenvalue weighted by atomic mass is 9.68. The molecule has 318 valence electrons. The van der Waals surface area contributed by atoms with E-state index in [0.29, 0.717) is 0 Å². The monoisotopic (exact) mass is 863 g/mol. The molecular formula is C67H45N. The van der Waals surface area contributed by atoms with E-state index in [-0.39, 0.29) is 0 Å². The fourth-order valence-corrected chi connectivity index (χ4v) is 11.3. The number of rotatable bonds is 8. The minimum atomic E-state index is -0.490. The first-order chi connectivity index (χ1) is 33.7. The lowest BCUT2D eigenvalue weighted by Gasteiger charge is -2.34. The number of benzene rings is 12. The highest BCUT2D eigenvalue weighted by molar-refractivity contribution is 6.22. The maximum absolute atomic E-state index is 2.48. The molecule has 68 heavy (non-hydrogen) atoms. The van der Waals surface area contributed by atoms with E-state index in [2.05, 4.69) is 278 Å². The molecule has 12 aromatic rings. The van der Waals surface area contributed by atoms with Gasteiger partial charge in [-0.1, -0.05) is 231 Å². The van der Waals surface area contributed by atoms with Gasteiger partial charge in [0.05, 0.1) is 5.41 Å². The average molecular weight is 864 g/mol. The molecule has 0 bridgehead atoms. The van der Waals surface area contributed by atoms with Crippen molar-refractivity contribution in [2.45, 2.75) is 5.41 Å². The number of anilines is 3. The molecule has 0 spiro atoms. The molecule has 0 aliphatic heterocycles. The summed E-state index contributed by atoms with van der Waals surface area (Å²) in [7, 11) is 0. The van der Waals surface area contributed by atoms with Gasteiger partial charge in [0.2, 0.25) is 0 Å². The van der Waals surface area contributed by atoms with Gasteiger partial charge in [0.15, 0.2) is 0 Å². The maximum Gasteiger partial charge on any atom is 0.0713 e. The van der Waals surface area contributed by atoms with Crippen LogP contribution in [0.15, 0.2) is 273 Å². The Labute approximate surface area is 397 Å². The topological polar surface area (TPSA) is 3.24 Å². The van der Waals surface area contributed by atoms with Crippen molar-refractivity contribution in [3.63, 3.8) is 0 Å². The maximum atomic E-state index is 2.48. The van der Waals surface area contributed by atoms with Gasteiger partial charge in [-0.15, -0.1) is 0 Å². The quantitative estimate of drug-likeness (QED) is 0.138. The van der Waals surface area contributed by atoms with E-state index >= 15 is 0 Å². The van der Waals surface area contributed by atoms with Crippen molar-refractivity contribution < 1.29 is 0 Å². The Kier molecular flexibility index (Phi) is 9.47. The zero-order valence-corrected chi connectivity index (χ0v) is 37.4. The fourth-order valence-electron chi connectivity index (χ4n) is 11.3. The molecule has 12 aromatic carbocycles. The molecule has 13 rings (SSSR count). The van der Waals surface area contributed by atoms with E-state index in [1.165, 1.54) is 99.1 Å². The molecule has 0 unspecified atom stereocenters. The second kappa shape index (κ2) is 16.3. The zero-order chi connectivity index (χ0) is 45.0. The Morgan fingerprint density at radius 1 is 0.250 bits per heavy atom. The first-order valence-corrected chi connectivity index (χ1v) is 23.6. The molecule has 0 saturated heterocycles. The zero-order valence-electron chi connectivity index (χ0n) is 37.4. The third-order valence-corrected chi connectivity index (χ3v) is 14.3. The van der Waals surface area contributed by atoms with E-state index in [4.69, 9.17) is 0 Å². The van der Waals surface area contributed by atoms with Gasteiger partial charge in [-0.3, -0.25) is 0 Å². The van der Waals surface area contributed by atoms with Crippen molar-refractivity contribution in [2.75, 3.05) is 4.90 Å². The minimum absolute atomic E-state index is 0.490. The first kappa shape index (κ1) is 39.6. The summed E-state index contributed by atoms with van der Waals surface area (Å²) in [6, 6.07) is 101. The summed E-state index contributed by atoms with van der Waals surface area (Å²) >= 11 is 0. The van der Waals surface area contributed by atoms with Gasteiger partial charge in [-0.2, -0.15) is 0 Å². The van der Waals surface area contributed by atoms with E-state index < -0.39 is 5.41 Å². The van der Waals surface area contributed by atoms with Crippen molar-refractivity contribution in [3.05, 3.63) is 295 Å². The SMILES string of the molecule is c1ccc(-c2c(-c3ccccc3)c3cc(N(c4cccc(-c5ccc6ccccc6c5)c4)c4ccc5c(c4)-c4ccccc4C5(c4ccccc4)c4ccccc4)ccc3c3ccccc23)cc1. The van der Waals surface area contributed by atoms with Crippen molar-refractivity contribution in [3.8, 4) is 44.5 Å². The van der Waals surface area contributed by atoms with Crippen LogP contribution in [0.4, 0.5) is 17.1 Å². The van der Waals surface area contributed by atoms with Crippen LogP contribution in [0.2, 0.25) is 0 Å². The second-order valence-electron chi connectivity index (χ2n) is 18.0. The van der Waals surface area contributed by atoms with Crippen molar-refractivity contribution in [1.29, 1.82) is 0 Å². The lowest BCUT2D eigenvalue weighted by molar-refractivity contribution is 0.768. The predicted molar refractivity (Wildman–Crippen MR) is 287 cm³/mol. The Morgan fingerprint density at radius 3 is 1.47 bits per heavy atom. The van der Waals surface area contributed by atoms with Crippen molar-refractivity contribution >= 4 is 49.4 Å². The van der Waals surface area contributed by atoms with E-state index in [1.54, 1.807) is 0 Å². The highest BCUT2D eigenvalue weighted by atomic mass is 15.1. The number of nitrogens with zero attached hydrogens (tertiary/aromatic N) is 1. The molecule has 1 aliphatic rings. The number of fused-ring (bicyclic) bond motifs is 7. The van der Waals surface area contributed by atoms with Crippen LogP contribution in [0.5, 0.6) is 0 Å². The summed E-state index contributed by atoms with van der Waals surface area (Å²) in [6.07, 6.45) is 0. The summed E-state index contributed by atoms with van der Waals surface area (Å²) in [4.78, 5) is 2.48. The Morgan fingerprint density at radius 2 is 0.750 bits per heavy atom. The van der Waals surface area contributed by atoms with E-state index in [0.717, 1.165) is 17.1 Å². The molecule has 1 heteroatoms. The van der Waals surface area contributed by atoms with Crippen LogP contribution in [-0.2, 0) is 5.41 Å². The summed E-state index contributed by atoms with van der Waals surface area (Å²) in [5.74, 6) is 0. The largest absolute Gasteiger partial charge is 0.310 e. The van der Waals surface area contributed by atoms with Crippen LogP contribution < -0.4 is 4.90 Å². The van der Waals surface area contributed by atoms with Gasteiger partial charge in [0.1, 0.15) is 0 Å². The first-order valence-electron chi connectivity index (χ1n) is 23.6. The Hall–Kier alpha value is -8.78. The molecule has 1 aliphatic carbocycles. The third kappa shape index (κ3) is 6.32. The van der Waals surface area contributed by atoms with Gasteiger partial charge in [-0.05, 0) is 142 Å². The van der Waals surface area contributed by atoms with Gasteiger partial charge in [-0.25, -0.2) is 0 Å². The van der Waals surface area contributed by atoms with Gasteiger partial charge in [0.25, 0.3) is 0 Å². The molecule has 0 fully saturated rings. The molecule has 1 nitrogen and oxygen atoms in total. The standard InChI is InChI=1S/C67H45N/c1-5-21-47(22-6-1)65-60-34-16-15-32-57(60)58-40-38-55(45-62(58)66(65)48-23-7-2-8-24-48)68(54-31-19-26-50(43-54)51-37-36-46-20-13-14-25-49(46)42-51)56-39-41-64-61(44-56)59-33-17-18-35-63(59)67(64,52-27-9-3-10-28-52)53-29-11-4-12-30-53/h1-45H. The van der Waals surface area contributed by atoms with Gasteiger partial charge >= 0.3 is 0 Å². The number of hydrogen-bond acceptors (Lipinski definition) is 1. The Balaban J connectivity index is 1.09. The molecule has 0 aromatic heterocycles. The van der Waals surface area contributed by atoms with Crippen molar-refractivity contribution in [1.82, 2.24) is 0 Å². The lowest BCUT2D eigenvalue weighted by Crippen LogP contribution is -2.28. The molecule has 0 heterocycles. The molecule has 0 atom stereocenters. The average Bonchev–Trinajstić information content (AvgIpc) is 3.72. The number of hydrogen-bond donors (Lipinski definition) is 0. The normalized spacial score (nSPS) is 12.5. The van der Waals surface area contributed by atoms with Crippen LogP contribution in [0.1, 0.15) is 22.3 Å². The van der Waals surface area contributed by atoms with E-state index in [9.17, 15) is 0 Å². The smallest absolute Gasteiger partial charge is 0.0713 e. The molecule has 0 N–H and O–H groups in total. The highest BCUT2D eigenvalue weighted by Crippen LogP contribution is 2.57. The van der Waals surface area contributed by atoms with Crippen LogP contribution in [0.25, 0.3) is 76.8 Å². The Bertz CT molecular complexity index is 3800. The van der Waals surface area contributed by atoms with Crippen molar-refractivity contribution in [2.24, 2.45) is 0 Å². The minimum Gasteiger partial charge on any atom is -0.310 e. The van der Waals surface area contributed by atoms with Crippen LogP contribution in [0, 0.1) is 0 Å². The second-order valence-corrected chi connectivity index (χ2v) is 18.0. The predicted octanol–water partition coefficient (Wildman–Crippen LogP) is 18.0. The third-order valence-electron chi connectivity index (χ3n) is 14.3. The van der Waals surface area contributed by atoms with Crippen LogP contribution in [0.3, 0.4) is 0 Å². The molecule has 0 radical (unpaired) electrons. The summed E-state index contributed by atoms with van der Waals surface area (Å²) in [6.45, 7) is 0. The van der Waals surface area contributed by atoms with E-state index in [1.807, 2.05) is 0 Å². The van der Waals surface area contributed by atoms with Gasteiger partial charge in [0, 0.05) is 17.1 Å². The molecular weight excluding hydrogens is 819 g/mol. The highest BCUT2D eigenvalue weighted by Gasteiger charge is 2.46. The van der Waals surface area contributed by atoms with Crippen LogP contribution >= 0.6 is 0 Å². The summed E-state index contributed by atoms with van der Waals surface area (Å²) in [5.41, 5.74) is 17.6. The van der Waals surface area contributed by atoms with Gasteiger partial charge < -0.3 is 4.90 Å². The van der Waals surface area contributed by atoms with Crippen LogP contribution in [-0.4, -0.2) is 0 Å². The fraction of sp³-hybridized carbons (Fsp3) is 0.0149. The molecule has 0 amide bonds.